The summed E-state index contributed by atoms with van der Waals surface area (Å²) < 4.78 is 5.76. The quantitative estimate of drug-likeness (QED) is 0.573. The minimum atomic E-state index is -0.402. The maximum Gasteiger partial charge on any atom is 0.338 e. The number of aromatic nitrogens is 2. The van der Waals surface area contributed by atoms with Crippen LogP contribution in [0.3, 0.4) is 0 Å². The Labute approximate surface area is 152 Å². The van der Waals surface area contributed by atoms with Crippen LogP contribution in [0.15, 0.2) is 28.2 Å². The lowest BCUT2D eigenvalue weighted by atomic mass is 10.2. The van der Waals surface area contributed by atoms with E-state index in [-0.39, 0.29) is 6.03 Å². The molecule has 1 N–H and O–H groups in total. The van der Waals surface area contributed by atoms with E-state index >= 15 is 0 Å². The molecule has 9 heteroatoms. The van der Waals surface area contributed by atoms with Gasteiger partial charge in [0.1, 0.15) is 0 Å². The first-order valence-corrected chi connectivity index (χ1v) is 8.93. The van der Waals surface area contributed by atoms with Crippen molar-refractivity contribution in [2.75, 3.05) is 23.9 Å². The van der Waals surface area contributed by atoms with Crippen LogP contribution in [0.25, 0.3) is 0 Å². The van der Waals surface area contributed by atoms with E-state index in [1.54, 1.807) is 31.3 Å². The molecule has 0 aliphatic heterocycles. The SMILES string of the molecule is CCCCOC(=O)c1cccc(NC(=O)N(C)c2nnc(Br)s2)c1. The Balaban J connectivity index is 2.00. The average molecular weight is 413 g/mol. The number of nitrogens with zero attached hydrogens (tertiary/aromatic N) is 3. The number of hydrogen-bond acceptors (Lipinski definition) is 6. The first kappa shape index (κ1) is 18.3. The zero-order valence-corrected chi connectivity index (χ0v) is 15.7. The summed E-state index contributed by atoms with van der Waals surface area (Å²) in [4.78, 5) is 25.5. The van der Waals surface area contributed by atoms with Gasteiger partial charge in [0.25, 0.3) is 0 Å². The van der Waals surface area contributed by atoms with E-state index in [0.717, 1.165) is 12.8 Å². The molecule has 1 heterocycles. The number of ether oxygens (including phenoxy) is 1. The van der Waals surface area contributed by atoms with Gasteiger partial charge in [0.15, 0.2) is 3.92 Å². The molecule has 2 aromatic rings. The molecule has 1 aromatic carbocycles. The van der Waals surface area contributed by atoms with Crippen molar-refractivity contribution >= 4 is 50.1 Å². The number of carbonyl (C=O) groups is 2. The summed E-state index contributed by atoms with van der Waals surface area (Å²) in [6.07, 6.45) is 1.78. The van der Waals surface area contributed by atoms with E-state index in [1.807, 2.05) is 6.92 Å². The zero-order valence-electron chi connectivity index (χ0n) is 13.3. The number of amides is 2. The number of unbranched alkanes of at least 4 members (excludes halogenated alkanes) is 1. The Kier molecular flexibility index (Phi) is 6.68. The van der Waals surface area contributed by atoms with Crippen molar-refractivity contribution in [1.29, 1.82) is 0 Å². The topological polar surface area (TPSA) is 84.4 Å². The first-order chi connectivity index (χ1) is 11.5. The molecule has 0 spiro atoms. The predicted molar refractivity (Wildman–Crippen MR) is 96.7 cm³/mol. The Morgan fingerprint density at radius 3 is 2.83 bits per heavy atom. The van der Waals surface area contributed by atoms with Crippen molar-refractivity contribution in [2.45, 2.75) is 19.8 Å². The third-order valence-corrected chi connectivity index (χ3v) is 4.49. The lowest BCUT2D eigenvalue weighted by Crippen LogP contribution is -2.31. The summed E-state index contributed by atoms with van der Waals surface area (Å²) in [6, 6.07) is 6.24. The van der Waals surface area contributed by atoms with Gasteiger partial charge in [0, 0.05) is 12.7 Å². The maximum absolute atomic E-state index is 12.2. The number of hydrogen-bond donors (Lipinski definition) is 1. The minimum absolute atomic E-state index is 0.379. The number of rotatable bonds is 6. The second-order valence-corrected chi connectivity index (χ2v) is 7.13. The second kappa shape index (κ2) is 8.74. The molecule has 0 fully saturated rings. The summed E-state index contributed by atoms with van der Waals surface area (Å²) in [6.45, 7) is 2.41. The van der Waals surface area contributed by atoms with Crippen LogP contribution < -0.4 is 10.2 Å². The van der Waals surface area contributed by atoms with E-state index in [4.69, 9.17) is 4.74 Å². The molecule has 0 aliphatic carbocycles. The Bertz CT molecular complexity index is 722. The maximum atomic E-state index is 12.2. The molecule has 7 nitrogen and oxygen atoms in total. The molecule has 2 rings (SSSR count). The standard InChI is InChI=1S/C15H17BrN4O3S/c1-3-4-8-23-12(21)10-6-5-7-11(9-10)17-14(22)20(2)15-19-18-13(16)24-15/h5-7,9H,3-4,8H2,1-2H3,(H,17,22). The van der Waals surface area contributed by atoms with Crippen LogP contribution in [0, 0.1) is 0 Å². The summed E-state index contributed by atoms with van der Waals surface area (Å²) in [5.41, 5.74) is 0.894. The highest BCUT2D eigenvalue weighted by molar-refractivity contribution is 9.11. The molecule has 24 heavy (non-hydrogen) atoms. The molecule has 0 atom stereocenters. The van der Waals surface area contributed by atoms with Crippen LogP contribution in [0.1, 0.15) is 30.1 Å². The Morgan fingerprint density at radius 2 is 2.17 bits per heavy atom. The number of halogens is 1. The molecule has 0 aliphatic rings. The third-order valence-electron chi connectivity index (χ3n) is 3.06. The van der Waals surface area contributed by atoms with Gasteiger partial charge >= 0.3 is 12.0 Å². The molecule has 0 bridgehead atoms. The van der Waals surface area contributed by atoms with Crippen molar-refractivity contribution in [3.05, 3.63) is 33.7 Å². The largest absolute Gasteiger partial charge is 0.462 e. The van der Waals surface area contributed by atoms with Gasteiger partial charge in [0.05, 0.1) is 12.2 Å². The zero-order chi connectivity index (χ0) is 17.5. The van der Waals surface area contributed by atoms with E-state index in [9.17, 15) is 9.59 Å². The number of esters is 1. The minimum Gasteiger partial charge on any atom is -0.462 e. The normalized spacial score (nSPS) is 10.3. The van der Waals surface area contributed by atoms with Crippen molar-refractivity contribution in [3.63, 3.8) is 0 Å². The lowest BCUT2D eigenvalue weighted by Gasteiger charge is -2.14. The van der Waals surface area contributed by atoms with Crippen LogP contribution in [-0.4, -0.2) is 35.9 Å². The van der Waals surface area contributed by atoms with Crippen molar-refractivity contribution in [2.24, 2.45) is 0 Å². The summed E-state index contributed by atoms with van der Waals surface area (Å²) in [5.74, 6) is -0.402. The highest BCUT2D eigenvalue weighted by Crippen LogP contribution is 2.23. The second-order valence-electron chi connectivity index (χ2n) is 4.90. The number of nitrogens with one attached hydrogen (secondary N) is 1. The number of urea groups is 1. The monoisotopic (exact) mass is 412 g/mol. The van der Waals surface area contributed by atoms with Gasteiger partial charge < -0.3 is 10.1 Å². The molecule has 1 aromatic heterocycles. The van der Waals surface area contributed by atoms with E-state index in [1.165, 1.54) is 16.2 Å². The molecular formula is C15H17BrN4O3S. The Morgan fingerprint density at radius 1 is 1.38 bits per heavy atom. The molecule has 0 radical (unpaired) electrons. The van der Waals surface area contributed by atoms with Crippen LogP contribution in [0.5, 0.6) is 0 Å². The molecular weight excluding hydrogens is 396 g/mol. The van der Waals surface area contributed by atoms with Crippen LogP contribution in [-0.2, 0) is 4.74 Å². The van der Waals surface area contributed by atoms with Crippen LogP contribution in [0.2, 0.25) is 0 Å². The number of anilines is 2. The van der Waals surface area contributed by atoms with E-state index in [0.29, 0.717) is 26.9 Å². The van der Waals surface area contributed by atoms with Crippen LogP contribution in [0.4, 0.5) is 15.6 Å². The number of benzene rings is 1. The van der Waals surface area contributed by atoms with Gasteiger partial charge in [-0.05, 0) is 40.5 Å². The molecule has 0 unspecified atom stereocenters. The van der Waals surface area contributed by atoms with Crippen molar-refractivity contribution in [1.82, 2.24) is 10.2 Å². The van der Waals surface area contributed by atoms with Crippen molar-refractivity contribution in [3.8, 4) is 0 Å². The van der Waals surface area contributed by atoms with Gasteiger partial charge in [-0.25, -0.2) is 9.59 Å². The van der Waals surface area contributed by atoms with E-state index < -0.39 is 5.97 Å². The summed E-state index contributed by atoms with van der Waals surface area (Å²) >= 11 is 4.44. The van der Waals surface area contributed by atoms with Gasteiger partial charge in [-0.1, -0.05) is 30.7 Å². The average Bonchev–Trinajstić information content (AvgIpc) is 3.01. The lowest BCUT2D eigenvalue weighted by molar-refractivity contribution is 0.0500. The smallest absolute Gasteiger partial charge is 0.338 e. The van der Waals surface area contributed by atoms with Gasteiger partial charge in [-0.3, -0.25) is 4.90 Å². The molecule has 0 saturated heterocycles. The summed E-state index contributed by atoms with van der Waals surface area (Å²) in [5, 5.41) is 10.8. The van der Waals surface area contributed by atoms with Crippen molar-refractivity contribution < 1.29 is 14.3 Å². The molecule has 2 amide bonds. The first-order valence-electron chi connectivity index (χ1n) is 7.32. The highest BCUT2D eigenvalue weighted by Gasteiger charge is 2.16. The van der Waals surface area contributed by atoms with Gasteiger partial charge in [0.2, 0.25) is 5.13 Å². The predicted octanol–water partition coefficient (Wildman–Crippen LogP) is 3.93. The summed E-state index contributed by atoms with van der Waals surface area (Å²) in [7, 11) is 1.59. The van der Waals surface area contributed by atoms with Gasteiger partial charge in [-0.15, -0.1) is 10.2 Å². The van der Waals surface area contributed by atoms with E-state index in [2.05, 4.69) is 31.4 Å². The Hall–Kier alpha value is -2.00. The van der Waals surface area contributed by atoms with Crippen LogP contribution >= 0.6 is 27.3 Å². The third kappa shape index (κ3) is 5.00. The molecule has 0 saturated carbocycles. The van der Waals surface area contributed by atoms with Gasteiger partial charge in [-0.2, -0.15) is 0 Å². The highest BCUT2D eigenvalue weighted by atomic mass is 79.9. The number of carbonyl (C=O) groups excluding carboxylic acids is 2. The fourth-order valence-electron chi connectivity index (χ4n) is 1.74. The molecule has 128 valence electrons. The fourth-order valence-corrected chi connectivity index (χ4v) is 2.79. The fraction of sp³-hybridized carbons (Fsp3) is 0.333.